The molecule has 0 aliphatic heterocycles. The molecule has 0 saturated carbocycles. The molecule has 1 unspecified atom stereocenters. The van der Waals surface area contributed by atoms with Crippen LogP contribution in [-0.2, 0) is 4.79 Å². The van der Waals surface area contributed by atoms with E-state index in [2.05, 4.69) is 28.2 Å². The molecule has 0 saturated heterocycles. The average molecular weight is 398 g/mol. The Morgan fingerprint density at radius 1 is 1.04 bits per heavy atom. The van der Waals surface area contributed by atoms with Crippen molar-refractivity contribution in [3.8, 4) is 5.75 Å². The number of carbonyl (C=O) groups is 1. The summed E-state index contributed by atoms with van der Waals surface area (Å²) in [5.74, 6) is 0.539. The summed E-state index contributed by atoms with van der Waals surface area (Å²) in [5.41, 5.74) is 1.10. The lowest BCUT2D eigenvalue weighted by molar-refractivity contribution is -0.123. The van der Waals surface area contributed by atoms with Gasteiger partial charge in [-0.15, -0.1) is 0 Å². The molecule has 0 radical (unpaired) electrons. The van der Waals surface area contributed by atoms with Crippen molar-refractivity contribution in [3.05, 3.63) is 76.8 Å². The van der Waals surface area contributed by atoms with E-state index in [9.17, 15) is 4.79 Å². The van der Waals surface area contributed by atoms with Crippen LogP contribution in [0.25, 0.3) is 10.8 Å². The van der Waals surface area contributed by atoms with Gasteiger partial charge in [0, 0.05) is 0 Å². The van der Waals surface area contributed by atoms with E-state index in [0.29, 0.717) is 5.75 Å². The molecule has 128 valence electrons. The number of carbonyl (C=O) groups excluding carboxylic acids is 1. The number of hydrogen-bond donors (Lipinski definition) is 1. The molecule has 3 nitrogen and oxygen atoms in total. The van der Waals surface area contributed by atoms with Crippen LogP contribution in [0.5, 0.6) is 5.75 Å². The number of hydrogen-bond acceptors (Lipinski definition) is 2. The predicted molar refractivity (Wildman–Crippen MR) is 105 cm³/mol. The van der Waals surface area contributed by atoms with E-state index in [-0.39, 0.29) is 18.6 Å². The quantitative estimate of drug-likeness (QED) is 0.616. The summed E-state index contributed by atoms with van der Waals surface area (Å²) in [4.78, 5) is 12.3. The van der Waals surface area contributed by atoms with Gasteiger partial charge >= 0.3 is 0 Å². The minimum absolute atomic E-state index is 0.00246. The lowest BCUT2D eigenvalue weighted by Gasteiger charge is -2.18. The average Bonchev–Trinajstić information content (AvgIpc) is 2.66. The Kier molecular flexibility index (Phi) is 5.71. The van der Waals surface area contributed by atoms with Gasteiger partial charge in [-0.05, 0) is 44.8 Å². The highest BCUT2D eigenvalue weighted by molar-refractivity contribution is 9.10. The van der Waals surface area contributed by atoms with Crippen LogP contribution < -0.4 is 10.1 Å². The first-order chi connectivity index (χ1) is 12.2. The first kappa shape index (κ1) is 17.5. The fraction of sp³-hybridized carbons (Fsp3) is 0.190. The van der Waals surface area contributed by atoms with Gasteiger partial charge < -0.3 is 10.1 Å². The summed E-state index contributed by atoms with van der Waals surface area (Å²) in [7, 11) is 0. The molecule has 0 aromatic heterocycles. The SMILES string of the molecule is CCC(NC(=O)COc1ccc2ccccc2c1Br)c1ccccc1. The highest BCUT2D eigenvalue weighted by Gasteiger charge is 2.14. The van der Waals surface area contributed by atoms with Crippen LogP contribution in [0.15, 0.2) is 71.2 Å². The van der Waals surface area contributed by atoms with Gasteiger partial charge in [0.25, 0.3) is 5.91 Å². The molecule has 3 aromatic rings. The minimum Gasteiger partial charge on any atom is -0.483 e. The van der Waals surface area contributed by atoms with Crippen LogP contribution in [0.4, 0.5) is 0 Å². The molecule has 3 aromatic carbocycles. The summed E-state index contributed by atoms with van der Waals surface area (Å²) in [6.07, 6.45) is 0.829. The molecule has 1 N–H and O–H groups in total. The van der Waals surface area contributed by atoms with Crippen molar-refractivity contribution in [2.75, 3.05) is 6.61 Å². The van der Waals surface area contributed by atoms with Gasteiger partial charge in [0.05, 0.1) is 10.5 Å². The van der Waals surface area contributed by atoms with Crippen LogP contribution in [0.1, 0.15) is 24.9 Å². The van der Waals surface area contributed by atoms with Crippen molar-refractivity contribution in [1.82, 2.24) is 5.32 Å². The topological polar surface area (TPSA) is 38.3 Å². The molecule has 1 atom stereocenters. The second kappa shape index (κ2) is 8.17. The van der Waals surface area contributed by atoms with Crippen LogP contribution in [0, 0.1) is 0 Å². The molecule has 25 heavy (non-hydrogen) atoms. The van der Waals surface area contributed by atoms with Crippen molar-refractivity contribution in [2.45, 2.75) is 19.4 Å². The zero-order chi connectivity index (χ0) is 17.6. The molecule has 0 bridgehead atoms. The minimum atomic E-state index is -0.129. The van der Waals surface area contributed by atoms with E-state index in [1.165, 1.54) is 0 Å². The molecule has 1 amide bonds. The standard InChI is InChI=1S/C21H20BrNO2/c1-2-18(16-9-4-3-5-10-16)23-20(24)14-25-19-13-12-15-8-6-7-11-17(15)21(19)22/h3-13,18H,2,14H2,1H3,(H,23,24). The van der Waals surface area contributed by atoms with Crippen molar-refractivity contribution in [2.24, 2.45) is 0 Å². The van der Waals surface area contributed by atoms with Gasteiger partial charge in [-0.3, -0.25) is 4.79 Å². The van der Waals surface area contributed by atoms with Crippen LogP contribution in [0.3, 0.4) is 0 Å². The molecule has 4 heteroatoms. The van der Waals surface area contributed by atoms with Crippen LogP contribution in [-0.4, -0.2) is 12.5 Å². The van der Waals surface area contributed by atoms with E-state index >= 15 is 0 Å². The third-order valence-corrected chi connectivity index (χ3v) is 4.95. The van der Waals surface area contributed by atoms with Crippen molar-refractivity contribution < 1.29 is 9.53 Å². The Bertz CT molecular complexity index is 864. The molecule has 0 aliphatic carbocycles. The predicted octanol–water partition coefficient (Wildman–Crippen LogP) is 5.25. The maximum atomic E-state index is 12.3. The number of amides is 1. The van der Waals surface area contributed by atoms with Crippen LogP contribution >= 0.6 is 15.9 Å². The van der Waals surface area contributed by atoms with Gasteiger partial charge in [0.15, 0.2) is 6.61 Å². The zero-order valence-electron chi connectivity index (χ0n) is 14.0. The smallest absolute Gasteiger partial charge is 0.258 e. The molecular formula is C21H20BrNO2. The molecular weight excluding hydrogens is 378 g/mol. The number of rotatable bonds is 6. The van der Waals surface area contributed by atoms with Crippen molar-refractivity contribution in [3.63, 3.8) is 0 Å². The summed E-state index contributed by atoms with van der Waals surface area (Å²) in [6, 6.07) is 21.9. The van der Waals surface area contributed by atoms with Gasteiger partial charge in [0.1, 0.15) is 5.75 Å². The first-order valence-electron chi connectivity index (χ1n) is 8.33. The third-order valence-electron chi connectivity index (χ3n) is 4.13. The number of nitrogens with one attached hydrogen (secondary N) is 1. The summed E-state index contributed by atoms with van der Waals surface area (Å²) in [6.45, 7) is 2.04. The number of ether oxygens (including phenoxy) is 1. The summed E-state index contributed by atoms with van der Waals surface area (Å²) in [5, 5.41) is 5.22. The van der Waals surface area contributed by atoms with Crippen molar-refractivity contribution >= 4 is 32.6 Å². The number of fused-ring (bicyclic) bond motifs is 1. The van der Waals surface area contributed by atoms with Gasteiger partial charge in [-0.1, -0.05) is 67.6 Å². The fourth-order valence-electron chi connectivity index (χ4n) is 2.81. The normalized spacial score (nSPS) is 11.9. The highest BCUT2D eigenvalue weighted by atomic mass is 79.9. The summed E-state index contributed by atoms with van der Waals surface area (Å²) < 4.78 is 6.60. The van der Waals surface area contributed by atoms with E-state index in [1.54, 1.807) is 0 Å². The number of halogens is 1. The van der Waals surface area contributed by atoms with Gasteiger partial charge in [-0.2, -0.15) is 0 Å². The van der Waals surface area contributed by atoms with Crippen molar-refractivity contribution in [1.29, 1.82) is 0 Å². The highest BCUT2D eigenvalue weighted by Crippen LogP contribution is 2.33. The molecule has 0 fully saturated rings. The fourth-order valence-corrected chi connectivity index (χ4v) is 3.42. The zero-order valence-corrected chi connectivity index (χ0v) is 15.6. The second-order valence-corrected chi connectivity index (χ2v) is 6.62. The molecule has 0 spiro atoms. The monoisotopic (exact) mass is 397 g/mol. The van der Waals surface area contributed by atoms with E-state index in [4.69, 9.17) is 4.74 Å². The van der Waals surface area contributed by atoms with E-state index in [1.807, 2.05) is 66.7 Å². The maximum Gasteiger partial charge on any atom is 0.258 e. The van der Waals surface area contributed by atoms with Gasteiger partial charge in [0.2, 0.25) is 0 Å². The second-order valence-electron chi connectivity index (χ2n) is 5.83. The Morgan fingerprint density at radius 2 is 1.76 bits per heavy atom. The third kappa shape index (κ3) is 4.20. The van der Waals surface area contributed by atoms with Gasteiger partial charge in [-0.25, -0.2) is 0 Å². The molecule has 0 aliphatic rings. The maximum absolute atomic E-state index is 12.3. The largest absolute Gasteiger partial charge is 0.483 e. The lowest BCUT2D eigenvalue weighted by Crippen LogP contribution is -2.32. The van der Waals surface area contributed by atoms with Crippen LogP contribution in [0.2, 0.25) is 0 Å². The molecule has 0 heterocycles. The first-order valence-corrected chi connectivity index (χ1v) is 9.12. The Labute approximate surface area is 156 Å². The Balaban J connectivity index is 1.65. The lowest BCUT2D eigenvalue weighted by atomic mass is 10.0. The van der Waals surface area contributed by atoms with E-state index < -0.39 is 0 Å². The Morgan fingerprint density at radius 3 is 2.52 bits per heavy atom. The van der Waals surface area contributed by atoms with E-state index in [0.717, 1.165) is 27.2 Å². The number of benzene rings is 3. The molecule has 3 rings (SSSR count). The Hall–Kier alpha value is -2.33. The summed E-state index contributed by atoms with van der Waals surface area (Å²) >= 11 is 3.58.